The fourth-order valence-electron chi connectivity index (χ4n) is 2.45. The number of aromatic nitrogens is 2. The molecule has 0 aliphatic heterocycles. The quantitative estimate of drug-likeness (QED) is 0.231. The number of hydrogen-bond donors (Lipinski definition) is 0. The second kappa shape index (κ2) is 24.3. The summed E-state index contributed by atoms with van der Waals surface area (Å²) in [6.07, 6.45) is 3.69. The molecule has 3 rings (SSSR count). The second-order valence-electron chi connectivity index (χ2n) is 6.48. The predicted molar refractivity (Wildman–Crippen MR) is 110 cm³/mol. The molecule has 0 aliphatic carbocycles. The minimum Gasteiger partial charge on any atom is -0.287 e. The van der Waals surface area contributed by atoms with Gasteiger partial charge < -0.3 is 0 Å². The topological polar surface area (TPSA) is 261 Å². The molecule has 2 aromatic heterocycles. The maximum Gasteiger partial charge on any atom is 2.00 e. The minimum absolute atomic E-state index is 0. The van der Waals surface area contributed by atoms with Crippen LogP contribution in [-0.4, -0.2) is 14.9 Å². The Morgan fingerprint density at radius 3 is 1.21 bits per heavy atom. The second-order valence-corrected chi connectivity index (χ2v) is 7.99. The van der Waals surface area contributed by atoms with Gasteiger partial charge >= 0.3 is 17.1 Å². The molecule has 39 heavy (non-hydrogen) atoms. The SMILES string of the molecule is CC#N.CC#N.[Cu+2].[O-][Cl+3]([O-])([O-])[O-].[O-][Cl+3]([O-])([O-])[O-].c1ccc(CN(Cc2ccccn2)Cc2ccccn2)cc1. The zero-order valence-electron chi connectivity index (χ0n) is 20.7. The Balaban J connectivity index is -0.000000633. The first-order valence-electron chi connectivity index (χ1n) is 10.1. The predicted octanol–water partition coefficient (Wildman–Crippen LogP) is -4.78. The first-order chi connectivity index (χ1) is 17.7. The van der Waals surface area contributed by atoms with Crippen LogP contribution in [0, 0.1) is 43.1 Å². The maximum atomic E-state index is 8.49. The molecule has 3 aromatic rings. The summed E-state index contributed by atoms with van der Waals surface area (Å²) < 4.78 is 67.9. The molecule has 0 aliphatic rings. The van der Waals surface area contributed by atoms with Crippen LogP contribution in [0.1, 0.15) is 30.8 Å². The number of hydrogen-bond acceptors (Lipinski definition) is 13. The molecule has 1 radical (unpaired) electrons. The van der Waals surface area contributed by atoms with Crippen molar-refractivity contribution >= 4 is 0 Å². The molecule has 1 aromatic carbocycles. The molecule has 0 bridgehead atoms. The van der Waals surface area contributed by atoms with Gasteiger partial charge in [-0.15, -0.1) is 20.5 Å². The molecule has 215 valence electrons. The molecular weight excluding hydrogens is 609 g/mol. The van der Waals surface area contributed by atoms with Crippen molar-refractivity contribution < 1.29 is 74.8 Å². The van der Waals surface area contributed by atoms with Crippen molar-refractivity contribution in [3.63, 3.8) is 0 Å². The Hall–Kier alpha value is -2.76. The third kappa shape index (κ3) is 35.2. The summed E-state index contributed by atoms with van der Waals surface area (Å²) in [6.45, 7) is 5.37. The average Bonchev–Trinajstić information content (AvgIpc) is 2.80. The number of halogens is 2. The van der Waals surface area contributed by atoms with Gasteiger partial charge in [-0.3, -0.25) is 14.9 Å². The van der Waals surface area contributed by atoms with Crippen LogP contribution >= 0.6 is 0 Å². The van der Waals surface area contributed by atoms with E-state index in [4.69, 9.17) is 47.8 Å². The van der Waals surface area contributed by atoms with Gasteiger partial charge in [0.1, 0.15) is 0 Å². The summed E-state index contributed by atoms with van der Waals surface area (Å²) in [4.78, 5) is 11.2. The maximum absolute atomic E-state index is 8.49. The van der Waals surface area contributed by atoms with Gasteiger partial charge in [0.25, 0.3) is 0 Å². The summed E-state index contributed by atoms with van der Waals surface area (Å²) in [5, 5.41) is 14.6. The van der Waals surface area contributed by atoms with Crippen molar-refractivity contribution in [2.45, 2.75) is 33.5 Å². The Bertz CT molecular complexity index is 915. The van der Waals surface area contributed by atoms with Gasteiger partial charge in [0.15, 0.2) is 0 Å². The molecular formula is C23H25Cl2CuN5O8. The third-order valence-corrected chi connectivity index (χ3v) is 3.47. The standard InChI is InChI=1S/C19H19N3.2C2H3N.2ClHO4.Cu/c1-2-8-17(9-3-1)14-22(15-18-10-4-6-12-20-18)16-19-11-5-7-13-21-19;2*1-2-3;2*2-1(3,4)5;/h1-13H,14-16H2;2*1H3;2*(H,2,3,4,5);/q;;;;;+2/p-2. The summed E-state index contributed by atoms with van der Waals surface area (Å²) in [5.74, 6) is 0. The van der Waals surface area contributed by atoms with Crippen LogP contribution in [0.15, 0.2) is 79.1 Å². The molecule has 2 heterocycles. The monoisotopic (exact) mass is 632 g/mol. The Morgan fingerprint density at radius 2 is 0.923 bits per heavy atom. The van der Waals surface area contributed by atoms with Crippen molar-refractivity contribution in [3.8, 4) is 12.1 Å². The first-order valence-corrected chi connectivity index (χ1v) is 12.6. The van der Waals surface area contributed by atoms with Crippen molar-refractivity contribution in [1.82, 2.24) is 14.9 Å². The van der Waals surface area contributed by atoms with E-state index in [1.165, 1.54) is 19.4 Å². The van der Waals surface area contributed by atoms with Gasteiger partial charge in [0, 0.05) is 45.9 Å². The molecule has 0 fully saturated rings. The summed E-state index contributed by atoms with van der Waals surface area (Å²) in [7, 11) is -9.89. The minimum atomic E-state index is -4.94. The Labute approximate surface area is 241 Å². The van der Waals surface area contributed by atoms with E-state index in [-0.39, 0.29) is 17.1 Å². The van der Waals surface area contributed by atoms with Crippen LogP contribution in [0.4, 0.5) is 0 Å². The number of rotatable bonds is 6. The molecule has 0 atom stereocenters. The molecule has 0 N–H and O–H groups in total. The van der Waals surface area contributed by atoms with E-state index in [1.54, 1.807) is 12.1 Å². The zero-order chi connectivity index (χ0) is 29.5. The van der Waals surface area contributed by atoms with Crippen LogP contribution in [0.5, 0.6) is 0 Å². The normalized spacial score (nSPS) is 9.56. The van der Waals surface area contributed by atoms with Crippen LogP contribution in [0.2, 0.25) is 0 Å². The van der Waals surface area contributed by atoms with Gasteiger partial charge in [-0.05, 0) is 29.8 Å². The number of nitrogens with zero attached hydrogens (tertiary/aromatic N) is 5. The Morgan fingerprint density at radius 1 is 0.615 bits per heavy atom. The van der Waals surface area contributed by atoms with Crippen molar-refractivity contribution in [2.24, 2.45) is 0 Å². The van der Waals surface area contributed by atoms with Crippen molar-refractivity contribution in [2.75, 3.05) is 0 Å². The summed E-state index contributed by atoms with van der Waals surface area (Å²) >= 11 is 0. The molecule has 16 heteroatoms. The van der Waals surface area contributed by atoms with Gasteiger partial charge in [0.2, 0.25) is 0 Å². The molecule has 0 unspecified atom stereocenters. The van der Waals surface area contributed by atoms with Crippen LogP contribution in [0.25, 0.3) is 0 Å². The molecule has 0 saturated carbocycles. The number of benzene rings is 1. The first kappa shape index (κ1) is 40.7. The van der Waals surface area contributed by atoms with E-state index >= 15 is 0 Å². The average molecular weight is 634 g/mol. The van der Waals surface area contributed by atoms with Gasteiger partial charge in [-0.25, -0.2) is 37.3 Å². The third-order valence-electron chi connectivity index (χ3n) is 3.47. The van der Waals surface area contributed by atoms with E-state index in [0.717, 1.165) is 31.0 Å². The van der Waals surface area contributed by atoms with E-state index in [9.17, 15) is 0 Å². The number of pyridine rings is 2. The van der Waals surface area contributed by atoms with Gasteiger partial charge in [0.05, 0.1) is 23.5 Å². The van der Waals surface area contributed by atoms with Crippen molar-refractivity contribution in [3.05, 3.63) is 96.1 Å². The molecule has 0 amide bonds. The van der Waals surface area contributed by atoms with E-state index < -0.39 is 20.5 Å². The van der Waals surface area contributed by atoms with Gasteiger partial charge in [-0.1, -0.05) is 42.5 Å². The molecule has 0 spiro atoms. The smallest absolute Gasteiger partial charge is 0.287 e. The van der Waals surface area contributed by atoms with Crippen LogP contribution in [0.3, 0.4) is 0 Å². The largest absolute Gasteiger partial charge is 2.00 e. The van der Waals surface area contributed by atoms with E-state index in [0.29, 0.717) is 0 Å². The zero-order valence-corrected chi connectivity index (χ0v) is 23.1. The number of nitriles is 2. The fraction of sp³-hybridized carbons (Fsp3) is 0.217. The summed E-state index contributed by atoms with van der Waals surface area (Å²) in [5.41, 5.74) is 3.46. The van der Waals surface area contributed by atoms with E-state index in [2.05, 4.69) is 51.3 Å². The Kier molecular flexibility index (Phi) is 25.4. The van der Waals surface area contributed by atoms with Crippen LogP contribution < -0.4 is 37.3 Å². The van der Waals surface area contributed by atoms with E-state index in [1.807, 2.05) is 42.7 Å². The molecule has 13 nitrogen and oxygen atoms in total. The van der Waals surface area contributed by atoms with Gasteiger partial charge in [-0.2, -0.15) is 10.5 Å². The fourth-order valence-corrected chi connectivity index (χ4v) is 2.45. The van der Waals surface area contributed by atoms with Crippen LogP contribution in [-0.2, 0) is 36.7 Å². The molecule has 0 saturated heterocycles. The van der Waals surface area contributed by atoms with Crippen molar-refractivity contribution in [1.29, 1.82) is 10.5 Å². The summed E-state index contributed by atoms with van der Waals surface area (Å²) in [6, 6.07) is 26.1.